The first-order valence-corrected chi connectivity index (χ1v) is 16.8. The summed E-state index contributed by atoms with van der Waals surface area (Å²) in [6.07, 6.45) is 0. The van der Waals surface area contributed by atoms with Crippen LogP contribution in [0, 0.1) is 0 Å². The summed E-state index contributed by atoms with van der Waals surface area (Å²) in [4.78, 5) is 2.56. The van der Waals surface area contributed by atoms with Crippen molar-refractivity contribution in [3.8, 4) is 22.3 Å². The number of hydrogen-bond acceptors (Lipinski definition) is 3. The lowest BCUT2D eigenvalue weighted by Gasteiger charge is -2.31. The third-order valence-electron chi connectivity index (χ3n) is 8.68. The van der Waals surface area contributed by atoms with Gasteiger partial charge in [0, 0.05) is 42.1 Å². The standard InChI is InChI=1S/C42H27NS2/c1-3-14-28(15-4-1)30-18-7-10-22-36(30)43(37-23-13-21-34-32-19-8-11-24-38(32)44-41(34)37)40-31(29-16-5-2-6-17-29)26-27-35-33-20-9-12-25-39(33)45-42(35)40/h1-27H. The molecular weight excluding hydrogens is 583 g/mol. The number of rotatable bonds is 5. The van der Waals surface area contributed by atoms with E-state index in [1.165, 1.54) is 74.0 Å². The van der Waals surface area contributed by atoms with Crippen LogP contribution in [0.25, 0.3) is 62.6 Å². The normalized spacial score (nSPS) is 11.6. The predicted molar refractivity (Wildman–Crippen MR) is 198 cm³/mol. The lowest BCUT2D eigenvalue weighted by molar-refractivity contribution is 1.32. The van der Waals surface area contributed by atoms with Crippen molar-refractivity contribution in [2.45, 2.75) is 0 Å². The first-order valence-electron chi connectivity index (χ1n) is 15.2. The molecule has 212 valence electrons. The van der Waals surface area contributed by atoms with Gasteiger partial charge in [0.2, 0.25) is 0 Å². The van der Waals surface area contributed by atoms with Gasteiger partial charge in [-0.05, 0) is 35.4 Å². The number of para-hydroxylation sites is 1. The van der Waals surface area contributed by atoms with E-state index in [1.807, 2.05) is 22.7 Å². The van der Waals surface area contributed by atoms with Crippen LogP contribution in [0.4, 0.5) is 17.1 Å². The number of fused-ring (bicyclic) bond motifs is 6. The van der Waals surface area contributed by atoms with E-state index in [0.29, 0.717) is 0 Å². The Morgan fingerprint density at radius 1 is 0.333 bits per heavy atom. The maximum Gasteiger partial charge on any atom is 0.0719 e. The van der Waals surface area contributed by atoms with E-state index in [1.54, 1.807) is 0 Å². The van der Waals surface area contributed by atoms with Crippen molar-refractivity contribution in [3.63, 3.8) is 0 Å². The van der Waals surface area contributed by atoms with Crippen LogP contribution >= 0.6 is 22.7 Å². The van der Waals surface area contributed by atoms with Gasteiger partial charge in [0.25, 0.3) is 0 Å². The van der Waals surface area contributed by atoms with Gasteiger partial charge in [-0.2, -0.15) is 0 Å². The van der Waals surface area contributed by atoms with Crippen molar-refractivity contribution in [2.75, 3.05) is 4.90 Å². The molecule has 0 aliphatic rings. The summed E-state index contributed by atoms with van der Waals surface area (Å²) in [6, 6.07) is 59.6. The van der Waals surface area contributed by atoms with Crippen LogP contribution in [-0.4, -0.2) is 0 Å². The highest BCUT2D eigenvalue weighted by molar-refractivity contribution is 7.27. The number of hydrogen-bond donors (Lipinski definition) is 0. The van der Waals surface area contributed by atoms with Gasteiger partial charge in [-0.1, -0.05) is 140 Å². The monoisotopic (exact) mass is 609 g/mol. The van der Waals surface area contributed by atoms with E-state index in [2.05, 4.69) is 169 Å². The van der Waals surface area contributed by atoms with Crippen LogP contribution in [0.1, 0.15) is 0 Å². The molecule has 0 radical (unpaired) electrons. The molecule has 45 heavy (non-hydrogen) atoms. The predicted octanol–water partition coefficient (Wildman–Crippen LogP) is 13.2. The summed E-state index contributed by atoms with van der Waals surface area (Å²) >= 11 is 3.77. The van der Waals surface area contributed by atoms with E-state index >= 15 is 0 Å². The Hall–Kier alpha value is -5.22. The van der Waals surface area contributed by atoms with Crippen LogP contribution in [0.3, 0.4) is 0 Å². The summed E-state index contributed by atoms with van der Waals surface area (Å²) in [6.45, 7) is 0. The van der Waals surface area contributed by atoms with Crippen LogP contribution in [0.2, 0.25) is 0 Å². The fourth-order valence-electron chi connectivity index (χ4n) is 6.66. The molecule has 0 unspecified atom stereocenters. The van der Waals surface area contributed by atoms with Crippen LogP contribution < -0.4 is 4.90 Å². The molecule has 0 N–H and O–H groups in total. The molecule has 1 nitrogen and oxygen atoms in total. The zero-order valence-corrected chi connectivity index (χ0v) is 26.0. The highest BCUT2D eigenvalue weighted by Crippen LogP contribution is 2.53. The van der Waals surface area contributed by atoms with Crippen molar-refractivity contribution < 1.29 is 0 Å². The first kappa shape index (κ1) is 26.2. The molecule has 2 heterocycles. The molecule has 7 aromatic carbocycles. The summed E-state index contributed by atoms with van der Waals surface area (Å²) in [7, 11) is 0. The summed E-state index contributed by atoms with van der Waals surface area (Å²) in [5.41, 5.74) is 8.40. The Morgan fingerprint density at radius 2 is 0.844 bits per heavy atom. The molecule has 0 saturated carbocycles. The average Bonchev–Trinajstić information content (AvgIpc) is 3.69. The second-order valence-corrected chi connectivity index (χ2v) is 13.4. The Kier molecular flexibility index (Phi) is 6.26. The topological polar surface area (TPSA) is 3.24 Å². The lowest BCUT2D eigenvalue weighted by Crippen LogP contribution is -2.13. The number of nitrogens with zero attached hydrogens (tertiary/aromatic N) is 1. The third-order valence-corrected chi connectivity index (χ3v) is 11.1. The van der Waals surface area contributed by atoms with E-state index in [0.717, 1.165) is 5.69 Å². The van der Waals surface area contributed by atoms with Gasteiger partial charge in [-0.25, -0.2) is 0 Å². The van der Waals surface area contributed by atoms with E-state index < -0.39 is 0 Å². The Balaban J connectivity index is 1.46. The molecule has 0 bridgehead atoms. The van der Waals surface area contributed by atoms with E-state index in [9.17, 15) is 0 Å². The fourth-order valence-corrected chi connectivity index (χ4v) is 9.10. The van der Waals surface area contributed by atoms with Crippen molar-refractivity contribution in [2.24, 2.45) is 0 Å². The zero-order chi connectivity index (χ0) is 29.7. The van der Waals surface area contributed by atoms with Gasteiger partial charge in [0.1, 0.15) is 0 Å². The fraction of sp³-hybridized carbons (Fsp3) is 0. The van der Waals surface area contributed by atoms with Crippen molar-refractivity contribution in [1.82, 2.24) is 0 Å². The van der Waals surface area contributed by atoms with E-state index in [-0.39, 0.29) is 0 Å². The molecule has 0 spiro atoms. The zero-order valence-electron chi connectivity index (χ0n) is 24.4. The highest BCUT2D eigenvalue weighted by atomic mass is 32.1. The van der Waals surface area contributed by atoms with Crippen LogP contribution in [-0.2, 0) is 0 Å². The molecule has 0 aliphatic carbocycles. The third kappa shape index (κ3) is 4.27. The average molecular weight is 610 g/mol. The Labute approximate surface area is 269 Å². The summed E-state index contributed by atoms with van der Waals surface area (Å²) < 4.78 is 5.19. The smallest absolute Gasteiger partial charge is 0.0719 e. The minimum absolute atomic E-state index is 1.16. The minimum Gasteiger partial charge on any atom is -0.306 e. The second kappa shape index (κ2) is 10.7. The van der Waals surface area contributed by atoms with Crippen molar-refractivity contribution in [1.29, 1.82) is 0 Å². The molecule has 0 amide bonds. The number of benzene rings is 7. The maximum atomic E-state index is 2.56. The van der Waals surface area contributed by atoms with Gasteiger partial charge in [-0.3, -0.25) is 0 Å². The molecule has 0 fully saturated rings. The Morgan fingerprint density at radius 3 is 1.56 bits per heavy atom. The van der Waals surface area contributed by atoms with Crippen molar-refractivity contribution >= 4 is 80.1 Å². The SMILES string of the molecule is c1ccc(-c2ccccc2N(c2cccc3c2sc2ccccc23)c2c(-c3ccccc3)ccc3c2sc2ccccc23)cc1. The lowest BCUT2D eigenvalue weighted by atomic mass is 9.97. The summed E-state index contributed by atoms with van der Waals surface area (Å²) in [5, 5.41) is 5.18. The second-order valence-electron chi connectivity index (χ2n) is 11.3. The molecule has 0 aliphatic heterocycles. The number of thiophene rings is 2. The number of anilines is 3. The molecular formula is C42H27NS2. The summed E-state index contributed by atoms with van der Waals surface area (Å²) in [5.74, 6) is 0. The molecule has 0 atom stereocenters. The van der Waals surface area contributed by atoms with Crippen molar-refractivity contribution in [3.05, 3.63) is 164 Å². The highest BCUT2D eigenvalue weighted by Gasteiger charge is 2.26. The minimum atomic E-state index is 1.16. The molecule has 2 aromatic heterocycles. The molecule has 3 heteroatoms. The molecule has 9 aromatic rings. The quantitative estimate of drug-likeness (QED) is 0.188. The molecule has 0 saturated heterocycles. The van der Waals surface area contributed by atoms with Gasteiger partial charge in [0.15, 0.2) is 0 Å². The van der Waals surface area contributed by atoms with Gasteiger partial charge in [-0.15, -0.1) is 22.7 Å². The Bertz CT molecular complexity index is 2490. The van der Waals surface area contributed by atoms with Gasteiger partial charge >= 0.3 is 0 Å². The van der Waals surface area contributed by atoms with Crippen LogP contribution in [0.15, 0.2) is 164 Å². The largest absolute Gasteiger partial charge is 0.306 e. The van der Waals surface area contributed by atoms with Gasteiger partial charge < -0.3 is 4.90 Å². The van der Waals surface area contributed by atoms with Gasteiger partial charge in [0.05, 0.1) is 26.5 Å². The van der Waals surface area contributed by atoms with E-state index in [4.69, 9.17) is 0 Å². The van der Waals surface area contributed by atoms with Crippen LogP contribution in [0.5, 0.6) is 0 Å². The maximum absolute atomic E-state index is 2.56. The first-order chi connectivity index (χ1) is 22.3. The molecule has 9 rings (SSSR count).